The van der Waals surface area contributed by atoms with Crippen LogP contribution in [0.3, 0.4) is 0 Å². The summed E-state index contributed by atoms with van der Waals surface area (Å²) in [5.41, 5.74) is 0.832. The highest BCUT2D eigenvalue weighted by atomic mass is 35.5. The number of carbonyl (C=O) groups is 2. The van der Waals surface area contributed by atoms with Gasteiger partial charge in [-0.25, -0.2) is 9.18 Å². The number of esters is 1. The fourth-order valence-corrected chi connectivity index (χ4v) is 1.90. The van der Waals surface area contributed by atoms with Crippen molar-refractivity contribution < 1.29 is 23.5 Å². The van der Waals surface area contributed by atoms with E-state index in [-0.39, 0.29) is 12.3 Å². The molecule has 0 aromatic heterocycles. The molecule has 0 unspecified atom stereocenters. The molecular formula is C17H15ClFNO4. The lowest BCUT2D eigenvalue weighted by atomic mass is 10.2. The number of nitrogens with one attached hydrogen (secondary N) is 1. The van der Waals surface area contributed by atoms with Crippen LogP contribution in [0.15, 0.2) is 42.5 Å². The summed E-state index contributed by atoms with van der Waals surface area (Å²) in [5, 5.41) is 2.90. The van der Waals surface area contributed by atoms with Gasteiger partial charge in [-0.15, -0.1) is 0 Å². The Hall–Kier alpha value is -2.60. The molecule has 2 rings (SSSR count). The third kappa shape index (κ3) is 5.24. The number of halogens is 2. The van der Waals surface area contributed by atoms with E-state index in [0.29, 0.717) is 10.8 Å². The zero-order valence-electron chi connectivity index (χ0n) is 12.8. The van der Waals surface area contributed by atoms with Gasteiger partial charge in [-0.05, 0) is 42.8 Å². The third-order valence-corrected chi connectivity index (χ3v) is 3.42. The number of ether oxygens (including phenoxy) is 2. The van der Waals surface area contributed by atoms with Crippen LogP contribution in [-0.2, 0) is 14.3 Å². The molecule has 0 fully saturated rings. The van der Waals surface area contributed by atoms with E-state index in [0.717, 1.165) is 5.56 Å². The molecule has 5 nitrogen and oxygen atoms in total. The molecule has 0 aliphatic carbocycles. The van der Waals surface area contributed by atoms with Crippen LogP contribution < -0.4 is 10.1 Å². The van der Waals surface area contributed by atoms with Crippen molar-refractivity contribution in [1.82, 2.24) is 0 Å². The van der Waals surface area contributed by atoms with Crippen molar-refractivity contribution in [2.24, 2.45) is 0 Å². The van der Waals surface area contributed by atoms with Gasteiger partial charge in [-0.2, -0.15) is 0 Å². The van der Waals surface area contributed by atoms with Crippen LogP contribution in [0.1, 0.15) is 5.56 Å². The Balaban J connectivity index is 1.75. The molecule has 126 valence electrons. The summed E-state index contributed by atoms with van der Waals surface area (Å²) in [7, 11) is 0. The Labute approximate surface area is 143 Å². The van der Waals surface area contributed by atoms with Crippen LogP contribution in [0.25, 0.3) is 0 Å². The molecule has 0 saturated heterocycles. The second-order valence-corrected chi connectivity index (χ2v) is 5.30. The van der Waals surface area contributed by atoms with Crippen LogP contribution in [0.5, 0.6) is 5.75 Å². The van der Waals surface area contributed by atoms with E-state index in [9.17, 15) is 14.0 Å². The Morgan fingerprint density at radius 3 is 2.62 bits per heavy atom. The molecule has 0 radical (unpaired) electrons. The van der Waals surface area contributed by atoms with E-state index in [4.69, 9.17) is 21.1 Å². The third-order valence-electron chi connectivity index (χ3n) is 3.00. The standard InChI is InChI=1S/C17H15ClFNO4/c1-11-8-12(6-7-13(11)18)23-10-17(22)24-9-16(21)20-15-5-3-2-4-14(15)19/h2-8H,9-10H2,1H3,(H,20,21). The summed E-state index contributed by atoms with van der Waals surface area (Å²) >= 11 is 5.89. The number of hydrogen-bond donors (Lipinski definition) is 1. The minimum absolute atomic E-state index is 0.0199. The van der Waals surface area contributed by atoms with Crippen molar-refractivity contribution in [2.45, 2.75) is 6.92 Å². The Morgan fingerprint density at radius 1 is 1.17 bits per heavy atom. The summed E-state index contributed by atoms with van der Waals surface area (Å²) in [6.45, 7) is 0.921. The van der Waals surface area contributed by atoms with Gasteiger partial charge in [0.15, 0.2) is 13.2 Å². The first-order valence-corrected chi connectivity index (χ1v) is 7.42. The van der Waals surface area contributed by atoms with Crippen LogP contribution >= 0.6 is 11.6 Å². The zero-order valence-corrected chi connectivity index (χ0v) is 13.6. The van der Waals surface area contributed by atoms with Crippen LogP contribution in [-0.4, -0.2) is 25.1 Å². The Morgan fingerprint density at radius 2 is 1.92 bits per heavy atom. The average molecular weight is 352 g/mol. The molecule has 0 saturated carbocycles. The molecule has 0 aliphatic rings. The molecule has 0 spiro atoms. The molecule has 0 bridgehead atoms. The molecule has 2 aromatic rings. The normalized spacial score (nSPS) is 10.1. The van der Waals surface area contributed by atoms with Gasteiger partial charge in [0.1, 0.15) is 11.6 Å². The van der Waals surface area contributed by atoms with Gasteiger partial charge in [0.2, 0.25) is 0 Å². The van der Waals surface area contributed by atoms with Gasteiger partial charge in [0, 0.05) is 5.02 Å². The number of rotatable bonds is 6. The van der Waals surface area contributed by atoms with Gasteiger partial charge < -0.3 is 14.8 Å². The number of carbonyl (C=O) groups excluding carboxylic acids is 2. The van der Waals surface area contributed by atoms with Gasteiger partial charge >= 0.3 is 5.97 Å². The van der Waals surface area contributed by atoms with Crippen molar-refractivity contribution in [2.75, 3.05) is 18.5 Å². The molecule has 0 atom stereocenters. The minimum Gasteiger partial charge on any atom is -0.482 e. The second-order valence-electron chi connectivity index (χ2n) is 4.89. The number of aryl methyl sites for hydroxylation is 1. The van der Waals surface area contributed by atoms with Crippen LogP contribution in [0.2, 0.25) is 5.02 Å². The Bertz CT molecular complexity index is 751. The van der Waals surface area contributed by atoms with Crippen molar-refractivity contribution >= 4 is 29.2 Å². The smallest absolute Gasteiger partial charge is 0.344 e. The molecule has 2 aromatic carbocycles. The largest absolute Gasteiger partial charge is 0.482 e. The Kier molecular flexibility index (Phi) is 6.14. The lowest BCUT2D eigenvalue weighted by molar-refractivity contribution is -0.149. The van der Waals surface area contributed by atoms with Crippen LogP contribution in [0.4, 0.5) is 10.1 Å². The average Bonchev–Trinajstić information content (AvgIpc) is 2.56. The first kappa shape index (κ1) is 17.7. The van der Waals surface area contributed by atoms with Crippen molar-refractivity contribution in [3.63, 3.8) is 0 Å². The first-order chi connectivity index (χ1) is 11.5. The number of para-hydroxylation sites is 1. The van der Waals surface area contributed by atoms with E-state index in [2.05, 4.69) is 5.32 Å². The van der Waals surface area contributed by atoms with Crippen molar-refractivity contribution in [3.8, 4) is 5.75 Å². The highest BCUT2D eigenvalue weighted by Gasteiger charge is 2.10. The molecule has 1 amide bonds. The molecule has 0 aliphatic heterocycles. The summed E-state index contributed by atoms with van der Waals surface area (Å²) < 4.78 is 23.4. The van der Waals surface area contributed by atoms with Crippen LogP contribution in [0, 0.1) is 12.7 Å². The van der Waals surface area contributed by atoms with Crippen molar-refractivity contribution in [1.29, 1.82) is 0 Å². The van der Waals surface area contributed by atoms with Gasteiger partial charge in [0.05, 0.1) is 5.69 Å². The first-order valence-electron chi connectivity index (χ1n) is 7.04. The minimum atomic E-state index is -0.716. The topological polar surface area (TPSA) is 64.6 Å². The highest BCUT2D eigenvalue weighted by molar-refractivity contribution is 6.31. The van der Waals surface area contributed by atoms with E-state index in [1.165, 1.54) is 18.2 Å². The van der Waals surface area contributed by atoms with Crippen molar-refractivity contribution in [3.05, 3.63) is 58.9 Å². The summed E-state index contributed by atoms with van der Waals surface area (Å²) in [4.78, 5) is 23.2. The SMILES string of the molecule is Cc1cc(OCC(=O)OCC(=O)Nc2ccccc2F)ccc1Cl. The molecule has 1 N–H and O–H groups in total. The fraction of sp³-hybridized carbons (Fsp3) is 0.176. The fourth-order valence-electron chi connectivity index (χ4n) is 1.79. The highest BCUT2D eigenvalue weighted by Crippen LogP contribution is 2.20. The van der Waals surface area contributed by atoms with Gasteiger partial charge in [0.25, 0.3) is 5.91 Å². The lowest BCUT2D eigenvalue weighted by Crippen LogP contribution is -2.24. The number of amides is 1. The maximum atomic E-state index is 13.4. The van der Waals surface area contributed by atoms with Gasteiger partial charge in [-0.3, -0.25) is 4.79 Å². The monoisotopic (exact) mass is 351 g/mol. The van der Waals surface area contributed by atoms with E-state index < -0.39 is 24.3 Å². The van der Waals surface area contributed by atoms with E-state index >= 15 is 0 Å². The maximum absolute atomic E-state index is 13.4. The number of anilines is 1. The predicted octanol–water partition coefficient (Wildman–Crippen LogP) is 3.35. The van der Waals surface area contributed by atoms with E-state index in [1.807, 2.05) is 0 Å². The molecule has 24 heavy (non-hydrogen) atoms. The second kappa shape index (κ2) is 8.31. The molecular weight excluding hydrogens is 337 g/mol. The molecule has 0 heterocycles. The quantitative estimate of drug-likeness (QED) is 0.811. The zero-order chi connectivity index (χ0) is 17.5. The van der Waals surface area contributed by atoms with E-state index in [1.54, 1.807) is 31.2 Å². The maximum Gasteiger partial charge on any atom is 0.344 e. The van der Waals surface area contributed by atoms with Gasteiger partial charge in [-0.1, -0.05) is 23.7 Å². The summed E-state index contributed by atoms with van der Waals surface area (Å²) in [6.07, 6.45) is 0. The lowest BCUT2D eigenvalue weighted by Gasteiger charge is -2.09. The summed E-state index contributed by atoms with van der Waals surface area (Å²) in [5.74, 6) is -1.47. The molecule has 7 heteroatoms. The number of benzene rings is 2. The number of hydrogen-bond acceptors (Lipinski definition) is 4. The predicted molar refractivity (Wildman–Crippen MR) is 87.7 cm³/mol. The summed E-state index contributed by atoms with van der Waals surface area (Å²) in [6, 6.07) is 10.6.